The summed E-state index contributed by atoms with van der Waals surface area (Å²) in [5.74, 6) is 0.529. The molecule has 0 saturated heterocycles. The average Bonchev–Trinajstić information content (AvgIpc) is 2.58. The number of nitrogens with zero attached hydrogens (tertiary/aromatic N) is 1. The first-order chi connectivity index (χ1) is 11.7. The summed E-state index contributed by atoms with van der Waals surface area (Å²) < 4.78 is 5.72. The van der Waals surface area contributed by atoms with Gasteiger partial charge in [0.2, 0.25) is 5.91 Å². The van der Waals surface area contributed by atoms with Crippen LogP contribution < -0.4 is 10.2 Å². The third-order valence-electron chi connectivity index (χ3n) is 3.33. The van der Waals surface area contributed by atoms with Crippen molar-refractivity contribution in [3.05, 3.63) is 64.7 Å². The Morgan fingerprint density at radius 3 is 2.79 bits per heavy atom. The highest BCUT2D eigenvalue weighted by Crippen LogP contribution is 2.21. The number of nitrogens with one attached hydrogen (secondary N) is 1. The average molecular weight is 345 g/mol. The van der Waals surface area contributed by atoms with Crippen LogP contribution in [-0.2, 0) is 11.2 Å². The van der Waals surface area contributed by atoms with Gasteiger partial charge in [0.05, 0.1) is 19.2 Å². The van der Waals surface area contributed by atoms with Crippen molar-refractivity contribution in [1.29, 1.82) is 0 Å². The quantitative estimate of drug-likeness (QED) is 0.443. The molecule has 2 aromatic carbocycles. The van der Waals surface area contributed by atoms with E-state index in [0.717, 1.165) is 24.0 Å². The second-order valence-corrected chi connectivity index (χ2v) is 5.78. The van der Waals surface area contributed by atoms with Gasteiger partial charge in [-0.2, -0.15) is 5.10 Å². The highest BCUT2D eigenvalue weighted by atomic mass is 35.5. The van der Waals surface area contributed by atoms with Crippen molar-refractivity contribution >= 4 is 23.7 Å². The molecule has 0 atom stereocenters. The molecule has 4 nitrogen and oxygen atoms in total. The Morgan fingerprint density at radius 2 is 2.04 bits per heavy atom. The van der Waals surface area contributed by atoms with Gasteiger partial charge in [0.15, 0.2) is 0 Å². The fraction of sp³-hybridized carbons (Fsp3) is 0.263. The van der Waals surface area contributed by atoms with Crippen LogP contribution >= 0.6 is 11.6 Å². The van der Waals surface area contributed by atoms with Crippen molar-refractivity contribution in [2.75, 3.05) is 6.61 Å². The van der Waals surface area contributed by atoms with Crippen LogP contribution in [0.3, 0.4) is 0 Å². The Labute approximate surface area is 147 Å². The molecule has 0 aliphatic rings. The van der Waals surface area contributed by atoms with Gasteiger partial charge in [-0.25, -0.2) is 5.43 Å². The lowest BCUT2D eigenvalue weighted by atomic mass is 10.1. The van der Waals surface area contributed by atoms with E-state index < -0.39 is 0 Å². The Bertz CT molecular complexity index is 687. The van der Waals surface area contributed by atoms with E-state index in [0.29, 0.717) is 17.4 Å². The normalized spacial score (nSPS) is 10.8. The molecular formula is C19H21ClN2O2. The fourth-order valence-corrected chi connectivity index (χ4v) is 2.25. The lowest BCUT2D eigenvalue weighted by Gasteiger charge is -2.08. The highest BCUT2D eigenvalue weighted by Gasteiger charge is 2.04. The van der Waals surface area contributed by atoms with Gasteiger partial charge in [-0.15, -0.1) is 0 Å². The molecular weight excluding hydrogens is 324 g/mol. The molecule has 0 bridgehead atoms. The third-order valence-corrected chi connectivity index (χ3v) is 3.56. The van der Waals surface area contributed by atoms with Crippen LogP contribution in [0.1, 0.15) is 30.9 Å². The maximum atomic E-state index is 11.9. The first-order valence-electron chi connectivity index (χ1n) is 7.97. The number of benzene rings is 2. The van der Waals surface area contributed by atoms with Gasteiger partial charge in [0.25, 0.3) is 0 Å². The predicted octanol–water partition coefficient (Wildman–Crippen LogP) is 4.21. The van der Waals surface area contributed by atoms with Crippen molar-refractivity contribution in [2.45, 2.75) is 26.2 Å². The van der Waals surface area contributed by atoms with E-state index in [-0.39, 0.29) is 12.3 Å². The Morgan fingerprint density at radius 1 is 1.25 bits per heavy atom. The topological polar surface area (TPSA) is 50.7 Å². The summed E-state index contributed by atoms with van der Waals surface area (Å²) in [5, 5.41) is 4.60. The summed E-state index contributed by atoms with van der Waals surface area (Å²) in [5.41, 5.74) is 4.20. The first kappa shape index (κ1) is 18.0. The van der Waals surface area contributed by atoms with E-state index in [1.165, 1.54) is 0 Å². The molecule has 0 fully saturated rings. The largest absolute Gasteiger partial charge is 0.493 e. The number of rotatable bonds is 8. The van der Waals surface area contributed by atoms with Crippen LogP contribution in [0.4, 0.5) is 0 Å². The van der Waals surface area contributed by atoms with Gasteiger partial charge in [-0.3, -0.25) is 4.79 Å². The number of hydrazone groups is 1. The number of halogens is 1. The van der Waals surface area contributed by atoms with Gasteiger partial charge in [-0.1, -0.05) is 55.3 Å². The number of amides is 1. The highest BCUT2D eigenvalue weighted by molar-refractivity contribution is 6.30. The monoisotopic (exact) mass is 344 g/mol. The summed E-state index contributed by atoms with van der Waals surface area (Å²) in [6.07, 6.45) is 3.88. The minimum Gasteiger partial charge on any atom is -0.493 e. The summed E-state index contributed by atoms with van der Waals surface area (Å²) in [7, 11) is 0. The van der Waals surface area contributed by atoms with Gasteiger partial charge < -0.3 is 4.74 Å². The standard InChI is InChI=1S/C19H21ClN2O2/c1-2-3-11-24-18-10-9-17(20)13-16(18)14-21-22-19(23)12-15-7-5-4-6-8-15/h4-10,13-14H,2-3,11-12H2,1H3,(H,22,23). The van der Waals surface area contributed by atoms with Crippen molar-refractivity contribution in [3.8, 4) is 5.75 Å². The van der Waals surface area contributed by atoms with E-state index in [9.17, 15) is 4.79 Å². The smallest absolute Gasteiger partial charge is 0.244 e. The van der Waals surface area contributed by atoms with Crippen molar-refractivity contribution in [3.63, 3.8) is 0 Å². The molecule has 1 amide bonds. The van der Waals surface area contributed by atoms with Crippen molar-refractivity contribution in [2.24, 2.45) is 5.10 Å². The number of carbonyl (C=O) groups excluding carboxylic acids is 1. The molecule has 0 aromatic heterocycles. The van der Waals surface area contributed by atoms with E-state index in [1.54, 1.807) is 18.3 Å². The lowest BCUT2D eigenvalue weighted by Crippen LogP contribution is -2.19. The molecule has 2 rings (SSSR count). The lowest BCUT2D eigenvalue weighted by molar-refractivity contribution is -0.120. The molecule has 0 saturated carbocycles. The van der Waals surface area contributed by atoms with Crippen molar-refractivity contribution < 1.29 is 9.53 Å². The van der Waals surface area contributed by atoms with Crippen LogP contribution in [0, 0.1) is 0 Å². The second-order valence-electron chi connectivity index (χ2n) is 5.34. The minimum absolute atomic E-state index is 0.173. The zero-order chi connectivity index (χ0) is 17.2. The Balaban J connectivity index is 1.95. The Hall–Kier alpha value is -2.33. The van der Waals surface area contributed by atoms with E-state index in [2.05, 4.69) is 17.5 Å². The van der Waals surface area contributed by atoms with Gasteiger partial charge >= 0.3 is 0 Å². The molecule has 0 aliphatic heterocycles. The number of hydrogen-bond acceptors (Lipinski definition) is 3. The maximum absolute atomic E-state index is 11.9. The summed E-state index contributed by atoms with van der Waals surface area (Å²) in [4.78, 5) is 11.9. The summed E-state index contributed by atoms with van der Waals surface area (Å²) in [6, 6.07) is 14.9. The van der Waals surface area contributed by atoms with Crippen LogP contribution in [-0.4, -0.2) is 18.7 Å². The Kier molecular flexibility index (Phi) is 7.30. The molecule has 0 aliphatic carbocycles. The molecule has 24 heavy (non-hydrogen) atoms. The SMILES string of the molecule is CCCCOc1ccc(Cl)cc1C=NNC(=O)Cc1ccccc1. The van der Waals surface area contributed by atoms with Crippen LogP contribution in [0.2, 0.25) is 5.02 Å². The molecule has 5 heteroatoms. The maximum Gasteiger partial charge on any atom is 0.244 e. The van der Waals surface area contributed by atoms with E-state index in [1.807, 2.05) is 36.4 Å². The number of ether oxygens (including phenoxy) is 1. The molecule has 126 valence electrons. The second kappa shape index (κ2) is 9.73. The molecule has 0 radical (unpaired) electrons. The number of hydrogen-bond donors (Lipinski definition) is 1. The predicted molar refractivity (Wildman–Crippen MR) is 97.7 cm³/mol. The minimum atomic E-state index is -0.173. The van der Waals surface area contributed by atoms with Gasteiger partial charge in [-0.05, 0) is 30.2 Å². The molecule has 1 N–H and O–H groups in total. The number of carbonyl (C=O) groups is 1. The van der Waals surface area contributed by atoms with Crippen molar-refractivity contribution in [1.82, 2.24) is 5.43 Å². The summed E-state index contributed by atoms with van der Waals surface area (Å²) in [6.45, 7) is 2.75. The third kappa shape index (κ3) is 6.05. The fourth-order valence-electron chi connectivity index (χ4n) is 2.07. The van der Waals surface area contributed by atoms with Gasteiger partial charge in [0, 0.05) is 10.6 Å². The zero-order valence-corrected chi connectivity index (χ0v) is 14.4. The van der Waals surface area contributed by atoms with Crippen LogP contribution in [0.5, 0.6) is 5.75 Å². The van der Waals surface area contributed by atoms with Gasteiger partial charge in [0.1, 0.15) is 5.75 Å². The first-order valence-corrected chi connectivity index (χ1v) is 8.35. The molecule has 0 unspecified atom stereocenters. The molecule has 0 heterocycles. The molecule has 0 spiro atoms. The van der Waals surface area contributed by atoms with Crippen LogP contribution in [0.15, 0.2) is 53.6 Å². The molecule has 2 aromatic rings. The van der Waals surface area contributed by atoms with Crippen LogP contribution in [0.25, 0.3) is 0 Å². The van der Waals surface area contributed by atoms with E-state index >= 15 is 0 Å². The van der Waals surface area contributed by atoms with E-state index in [4.69, 9.17) is 16.3 Å². The summed E-state index contributed by atoms with van der Waals surface area (Å²) >= 11 is 6.02. The zero-order valence-electron chi connectivity index (χ0n) is 13.7. The number of unbranched alkanes of at least 4 members (excludes halogenated alkanes) is 1.